The molecule has 1 fully saturated rings. The number of halogens is 3. The zero-order valence-corrected chi connectivity index (χ0v) is 12.0. The molecule has 1 aromatic rings. The van der Waals surface area contributed by atoms with E-state index < -0.39 is 20.2 Å². The topological polar surface area (TPSA) is 54.5 Å². The molecule has 0 bridgehead atoms. The van der Waals surface area contributed by atoms with Crippen molar-refractivity contribution in [3.63, 3.8) is 0 Å². The third-order valence-corrected chi connectivity index (χ3v) is 5.01. The first-order valence-electron chi connectivity index (χ1n) is 6.32. The number of benzene rings is 1. The number of anilines is 1. The molecule has 0 saturated carbocycles. The summed E-state index contributed by atoms with van der Waals surface area (Å²) >= 11 is 0. The Hall–Kier alpha value is -1.57. The lowest BCUT2D eigenvalue weighted by molar-refractivity contribution is -0.122. The fourth-order valence-electron chi connectivity index (χ4n) is 2.30. The van der Waals surface area contributed by atoms with Crippen molar-refractivity contribution in [1.82, 2.24) is 0 Å². The van der Waals surface area contributed by atoms with E-state index in [0.717, 1.165) is 6.07 Å². The van der Waals surface area contributed by atoms with Crippen LogP contribution in [0.1, 0.15) is 13.3 Å². The second kappa shape index (κ2) is 5.32. The van der Waals surface area contributed by atoms with Crippen LogP contribution in [0.5, 0.6) is 0 Å². The number of hydrogen-bond acceptors (Lipinski definition) is 4. The van der Waals surface area contributed by atoms with Crippen LogP contribution in [0.15, 0.2) is 29.2 Å². The average molecular weight is 321 g/mol. The highest BCUT2D eigenvalue weighted by atomic mass is 32.2. The van der Waals surface area contributed by atoms with E-state index in [4.69, 9.17) is 0 Å². The summed E-state index contributed by atoms with van der Waals surface area (Å²) in [5, 5.41) is 0. The first-order chi connectivity index (χ1) is 9.64. The molecule has 2 rings (SSSR count). The van der Waals surface area contributed by atoms with Crippen LogP contribution >= 0.6 is 0 Å². The lowest BCUT2D eigenvalue weighted by atomic mass is 9.98. The minimum absolute atomic E-state index is 0.00539. The Morgan fingerprint density at radius 3 is 2.43 bits per heavy atom. The summed E-state index contributed by atoms with van der Waals surface area (Å²) in [6.45, 7) is 2.10. The van der Waals surface area contributed by atoms with Crippen molar-refractivity contribution in [3.05, 3.63) is 24.3 Å². The smallest absolute Gasteiger partial charge is 0.369 e. The molecule has 0 N–H and O–H groups in total. The summed E-state index contributed by atoms with van der Waals surface area (Å²) in [6.07, 6.45) is 0.196. The molecule has 0 aromatic heterocycles. The Morgan fingerprint density at radius 2 is 1.86 bits per heavy atom. The summed E-state index contributed by atoms with van der Waals surface area (Å²) in [5.41, 5.74) is -5.35. The number of hydrogen-bond donors (Lipinski definition) is 0. The van der Waals surface area contributed by atoms with E-state index in [-0.39, 0.29) is 36.9 Å². The van der Waals surface area contributed by atoms with Crippen LogP contribution in [0.2, 0.25) is 0 Å². The number of sulfone groups is 1. The first kappa shape index (κ1) is 15.8. The highest BCUT2D eigenvalue weighted by Gasteiger charge is 2.48. The number of ketones is 1. The van der Waals surface area contributed by atoms with Crippen molar-refractivity contribution in [2.24, 2.45) is 5.92 Å². The zero-order valence-electron chi connectivity index (χ0n) is 11.2. The standard InChI is InChI=1S/C13H14F3NO3S/c1-9-8-17(7-6-11(9)18)10-4-2-3-5-12(10)21(19,20)13(14,15)16/h2-5,9H,6-8H2,1H3. The van der Waals surface area contributed by atoms with Gasteiger partial charge in [0.25, 0.3) is 9.84 Å². The highest BCUT2D eigenvalue weighted by Crippen LogP contribution is 2.36. The molecule has 4 nitrogen and oxygen atoms in total. The average Bonchev–Trinajstić information content (AvgIpc) is 2.40. The van der Waals surface area contributed by atoms with E-state index in [9.17, 15) is 26.4 Å². The van der Waals surface area contributed by atoms with E-state index >= 15 is 0 Å². The maximum Gasteiger partial charge on any atom is 0.501 e. The second-order valence-corrected chi connectivity index (χ2v) is 6.89. The van der Waals surface area contributed by atoms with Crippen LogP contribution in [0, 0.1) is 5.92 Å². The fourth-order valence-corrected chi connectivity index (χ4v) is 3.28. The summed E-state index contributed by atoms with van der Waals surface area (Å²) in [4.78, 5) is 12.2. The van der Waals surface area contributed by atoms with Crippen LogP contribution in [0.3, 0.4) is 0 Å². The van der Waals surface area contributed by atoms with Gasteiger partial charge in [-0.2, -0.15) is 13.2 Å². The van der Waals surface area contributed by atoms with E-state index in [0.29, 0.717) is 0 Å². The minimum atomic E-state index is -5.41. The van der Waals surface area contributed by atoms with Crippen LogP contribution in [-0.2, 0) is 14.6 Å². The SMILES string of the molecule is CC1CN(c2ccccc2S(=O)(=O)C(F)(F)F)CCC1=O. The van der Waals surface area contributed by atoms with Crippen LogP contribution in [-0.4, -0.2) is 32.8 Å². The van der Waals surface area contributed by atoms with Gasteiger partial charge in [0, 0.05) is 25.4 Å². The molecule has 8 heteroatoms. The molecular weight excluding hydrogens is 307 g/mol. The Morgan fingerprint density at radius 1 is 1.24 bits per heavy atom. The Balaban J connectivity index is 2.46. The summed E-state index contributed by atoms with van der Waals surface area (Å²) in [7, 11) is -5.41. The molecule has 21 heavy (non-hydrogen) atoms. The van der Waals surface area contributed by atoms with E-state index in [1.54, 1.807) is 6.92 Å². The van der Waals surface area contributed by atoms with Crippen LogP contribution in [0.4, 0.5) is 18.9 Å². The third kappa shape index (κ3) is 2.90. The van der Waals surface area contributed by atoms with Crippen LogP contribution < -0.4 is 4.90 Å². The molecule has 1 aliphatic rings. The second-order valence-electron chi connectivity index (χ2n) is 4.98. The molecule has 116 valence electrons. The number of carbonyl (C=O) groups excluding carboxylic acids is 1. The number of rotatable bonds is 2. The Kier molecular flexibility index (Phi) is 4.01. The highest BCUT2D eigenvalue weighted by molar-refractivity contribution is 7.92. The quantitative estimate of drug-likeness (QED) is 0.839. The van der Waals surface area contributed by atoms with Crippen molar-refractivity contribution < 1.29 is 26.4 Å². The summed E-state index contributed by atoms with van der Waals surface area (Å²) in [6, 6.07) is 5.01. The predicted molar refractivity (Wildman–Crippen MR) is 70.7 cm³/mol. The van der Waals surface area contributed by atoms with Gasteiger partial charge in [-0.3, -0.25) is 4.79 Å². The van der Waals surface area contributed by atoms with Crippen LogP contribution in [0.25, 0.3) is 0 Å². The number of para-hydroxylation sites is 1. The van der Waals surface area contributed by atoms with Crippen molar-refractivity contribution in [3.8, 4) is 0 Å². The minimum Gasteiger partial charge on any atom is -0.369 e. The van der Waals surface area contributed by atoms with Gasteiger partial charge in [-0.05, 0) is 12.1 Å². The van der Waals surface area contributed by atoms with Gasteiger partial charge in [0.15, 0.2) is 0 Å². The lowest BCUT2D eigenvalue weighted by Crippen LogP contribution is -2.40. The van der Waals surface area contributed by atoms with Gasteiger partial charge in [-0.15, -0.1) is 0 Å². The van der Waals surface area contributed by atoms with Crippen molar-refractivity contribution in [1.29, 1.82) is 0 Å². The number of nitrogens with zero attached hydrogens (tertiary/aromatic N) is 1. The molecule has 1 heterocycles. The maximum absolute atomic E-state index is 12.7. The van der Waals surface area contributed by atoms with Gasteiger partial charge >= 0.3 is 5.51 Å². The van der Waals surface area contributed by atoms with Crippen molar-refractivity contribution in [2.75, 3.05) is 18.0 Å². The molecule has 1 aliphatic heterocycles. The number of piperidine rings is 1. The summed E-state index contributed by atoms with van der Waals surface area (Å²) in [5.74, 6) is -0.303. The van der Waals surface area contributed by atoms with Gasteiger partial charge in [0.05, 0.1) is 10.6 Å². The zero-order chi connectivity index (χ0) is 15.8. The molecule has 1 aromatic carbocycles. The van der Waals surface area contributed by atoms with Gasteiger partial charge < -0.3 is 4.90 Å². The van der Waals surface area contributed by atoms with Gasteiger partial charge in [0.1, 0.15) is 5.78 Å². The van der Waals surface area contributed by atoms with E-state index in [1.807, 2.05) is 0 Å². The molecular formula is C13H14F3NO3S. The van der Waals surface area contributed by atoms with E-state index in [2.05, 4.69) is 0 Å². The third-order valence-electron chi connectivity index (χ3n) is 3.47. The molecule has 0 radical (unpaired) electrons. The number of alkyl halides is 3. The molecule has 0 spiro atoms. The van der Waals surface area contributed by atoms with Crippen molar-refractivity contribution >= 4 is 21.3 Å². The Bertz CT molecular complexity index is 655. The maximum atomic E-state index is 12.7. The van der Waals surface area contributed by atoms with Gasteiger partial charge in [0.2, 0.25) is 0 Å². The van der Waals surface area contributed by atoms with Gasteiger partial charge in [-0.1, -0.05) is 19.1 Å². The van der Waals surface area contributed by atoms with E-state index in [1.165, 1.54) is 23.1 Å². The first-order valence-corrected chi connectivity index (χ1v) is 7.81. The van der Waals surface area contributed by atoms with Gasteiger partial charge in [-0.25, -0.2) is 8.42 Å². The number of carbonyl (C=O) groups is 1. The molecule has 0 aliphatic carbocycles. The molecule has 0 amide bonds. The Labute approximate surface area is 120 Å². The lowest BCUT2D eigenvalue weighted by Gasteiger charge is -2.33. The van der Waals surface area contributed by atoms with Crippen molar-refractivity contribution in [2.45, 2.75) is 23.7 Å². The monoisotopic (exact) mass is 321 g/mol. The predicted octanol–water partition coefficient (Wildman–Crippen LogP) is 2.40. The number of Topliss-reactive ketones (excluding diaryl/α,β-unsaturated/α-hetero) is 1. The molecule has 1 atom stereocenters. The summed E-state index contributed by atoms with van der Waals surface area (Å²) < 4.78 is 61.5. The molecule has 1 saturated heterocycles. The largest absolute Gasteiger partial charge is 0.501 e. The molecule has 1 unspecified atom stereocenters. The fraction of sp³-hybridized carbons (Fsp3) is 0.462. The normalized spacial score (nSPS) is 20.7.